The van der Waals surface area contributed by atoms with Crippen LogP contribution < -0.4 is 0 Å². The van der Waals surface area contributed by atoms with Gasteiger partial charge >= 0.3 is 0 Å². The molecule has 0 radical (unpaired) electrons. The third kappa shape index (κ3) is 2.80. The third-order valence-corrected chi connectivity index (χ3v) is 5.85. The van der Waals surface area contributed by atoms with E-state index in [2.05, 4.69) is 65.2 Å². The predicted molar refractivity (Wildman–Crippen MR) is 125 cm³/mol. The standard InChI is InChI=1S/C27H19N3O/c1-16-12-21-25-17(2)4-3-5-24(25)31-27(21)22(13-16)26-20-7-6-19(14-23(20)29-15-30-26)18-8-10-28-11-9-18/h3-15H,1-2H3. The van der Waals surface area contributed by atoms with Crippen molar-refractivity contribution in [3.63, 3.8) is 0 Å². The van der Waals surface area contributed by atoms with E-state index in [1.54, 1.807) is 18.7 Å². The van der Waals surface area contributed by atoms with E-state index in [1.807, 2.05) is 24.3 Å². The first-order chi connectivity index (χ1) is 15.2. The summed E-state index contributed by atoms with van der Waals surface area (Å²) in [7, 11) is 0. The molecule has 6 rings (SSSR count). The summed E-state index contributed by atoms with van der Waals surface area (Å²) in [4.78, 5) is 13.4. The highest BCUT2D eigenvalue weighted by Gasteiger charge is 2.17. The Morgan fingerprint density at radius 2 is 1.65 bits per heavy atom. The molecule has 0 amide bonds. The molecule has 6 aromatic rings. The second kappa shape index (κ2) is 6.74. The van der Waals surface area contributed by atoms with E-state index in [-0.39, 0.29) is 0 Å². The Hall–Kier alpha value is -4.05. The molecule has 0 aliphatic carbocycles. The van der Waals surface area contributed by atoms with Crippen LogP contribution in [0.25, 0.3) is 55.2 Å². The lowest BCUT2D eigenvalue weighted by molar-refractivity contribution is 0.669. The number of aromatic nitrogens is 3. The number of aryl methyl sites for hydroxylation is 2. The average Bonchev–Trinajstić information content (AvgIpc) is 3.18. The van der Waals surface area contributed by atoms with Crippen LogP contribution in [0.5, 0.6) is 0 Å². The van der Waals surface area contributed by atoms with Gasteiger partial charge in [-0.1, -0.05) is 18.2 Å². The number of benzene rings is 3. The summed E-state index contributed by atoms with van der Waals surface area (Å²) in [5.41, 5.74) is 9.16. The van der Waals surface area contributed by atoms with Gasteiger partial charge in [0.15, 0.2) is 0 Å². The molecule has 0 saturated heterocycles. The molecule has 0 bridgehead atoms. The van der Waals surface area contributed by atoms with Crippen molar-refractivity contribution in [2.45, 2.75) is 13.8 Å². The fourth-order valence-electron chi connectivity index (χ4n) is 4.42. The highest BCUT2D eigenvalue weighted by Crippen LogP contribution is 2.39. The number of furan rings is 1. The van der Waals surface area contributed by atoms with E-state index in [0.717, 1.165) is 49.8 Å². The summed E-state index contributed by atoms with van der Waals surface area (Å²) < 4.78 is 6.35. The maximum atomic E-state index is 6.35. The number of fused-ring (bicyclic) bond motifs is 4. The molecule has 4 heteroatoms. The minimum atomic E-state index is 0.869. The summed E-state index contributed by atoms with van der Waals surface area (Å²) in [6.45, 7) is 4.24. The number of nitrogens with zero attached hydrogens (tertiary/aromatic N) is 3. The molecule has 3 heterocycles. The van der Waals surface area contributed by atoms with E-state index in [1.165, 1.54) is 16.5 Å². The predicted octanol–water partition coefficient (Wildman–Crippen LogP) is 6.88. The lowest BCUT2D eigenvalue weighted by atomic mass is 9.98. The highest BCUT2D eigenvalue weighted by molar-refractivity contribution is 6.12. The van der Waals surface area contributed by atoms with Crippen LogP contribution in [0.1, 0.15) is 11.1 Å². The molecular formula is C27H19N3O. The van der Waals surface area contributed by atoms with Gasteiger partial charge in [0.1, 0.15) is 17.5 Å². The van der Waals surface area contributed by atoms with Crippen LogP contribution in [0.2, 0.25) is 0 Å². The summed E-state index contributed by atoms with van der Waals surface area (Å²) in [6, 6.07) is 20.9. The first-order valence-electron chi connectivity index (χ1n) is 10.3. The van der Waals surface area contributed by atoms with Gasteiger partial charge in [0.2, 0.25) is 0 Å². The Labute approximate surface area is 179 Å². The number of rotatable bonds is 2. The molecule has 0 unspecified atom stereocenters. The number of hydrogen-bond donors (Lipinski definition) is 0. The molecule has 0 N–H and O–H groups in total. The van der Waals surface area contributed by atoms with Crippen LogP contribution in [0.4, 0.5) is 0 Å². The molecule has 148 valence electrons. The largest absolute Gasteiger partial charge is 0.455 e. The Morgan fingerprint density at radius 3 is 2.52 bits per heavy atom. The Bertz CT molecular complexity index is 1600. The van der Waals surface area contributed by atoms with Crippen molar-refractivity contribution in [1.29, 1.82) is 0 Å². The van der Waals surface area contributed by atoms with Crippen LogP contribution in [0.3, 0.4) is 0 Å². The third-order valence-electron chi connectivity index (χ3n) is 5.85. The number of pyridine rings is 1. The normalized spacial score (nSPS) is 11.5. The minimum absolute atomic E-state index is 0.869. The Kier molecular flexibility index (Phi) is 3.87. The molecule has 0 atom stereocenters. The summed E-state index contributed by atoms with van der Waals surface area (Å²) >= 11 is 0. The Morgan fingerprint density at radius 1 is 0.774 bits per heavy atom. The van der Waals surface area contributed by atoms with Crippen molar-refractivity contribution in [1.82, 2.24) is 15.0 Å². The molecule has 31 heavy (non-hydrogen) atoms. The van der Waals surface area contributed by atoms with Crippen molar-refractivity contribution in [2.24, 2.45) is 0 Å². The smallest absolute Gasteiger partial charge is 0.144 e. The zero-order valence-corrected chi connectivity index (χ0v) is 17.3. The van der Waals surface area contributed by atoms with Gasteiger partial charge in [-0.2, -0.15) is 0 Å². The quantitative estimate of drug-likeness (QED) is 0.317. The van der Waals surface area contributed by atoms with Gasteiger partial charge in [-0.05, 0) is 78.6 Å². The number of hydrogen-bond acceptors (Lipinski definition) is 4. The maximum Gasteiger partial charge on any atom is 0.144 e. The first-order valence-corrected chi connectivity index (χ1v) is 10.3. The van der Waals surface area contributed by atoms with Gasteiger partial charge in [0.25, 0.3) is 0 Å². The van der Waals surface area contributed by atoms with Crippen LogP contribution in [-0.2, 0) is 0 Å². The molecule has 0 spiro atoms. The molecular weight excluding hydrogens is 382 g/mol. The van der Waals surface area contributed by atoms with E-state index in [4.69, 9.17) is 4.42 Å². The monoisotopic (exact) mass is 401 g/mol. The first kappa shape index (κ1) is 17.8. The van der Waals surface area contributed by atoms with Gasteiger partial charge in [-0.15, -0.1) is 0 Å². The molecule has 0 fully saturated rings. The fourth-order valence-corrected chi connectivity index (χ4v) is 4.42. The van der Waals surface area contributed by atoms with Crippen molar-refractivity contribution in [3.8, 4) is 22.4 Å². The van der Waals surface area contributed by atoms with Crippen LogP contribution in [-0.4, -0.2) is 15.0 Å². The second-order valence-corrected chi connectivity index (χ2v) is 7.93. The topological polar surface area (TPSA) is 51.8 Å². The molecule has 3 aromatic carbocycles. The van der Waals surface area contributed by atoms with E-state index >= 15 is 0 Å². The summed E-state index contributed by atoms with van der Waals surface area (Å²) in [6.07, 6.45) is 5.24. The highest BCUT2D eigenvalue weighted by atomic mass is 16.3. The van der Waals surface area contributed by atoms with Gasteiger partial charge in [0, 0.05) is 34.1 Å². The van der Waals surface area contributed by atoms with Gasteiger partial charge in [-0.25, -0.2) is 9.97 Å². The zero-order valence-electron chi connectivity index (χ0n) is 17.3. The van der Waals surface area contributed by atoms with E-state index in [0.29, 0.717) is 0 Å². The Balaban J connectivity index is 1.63. The summed E-state index contributed by atoms with van der Waals surface area (Å²) in [5.74, 6) is 0. The molecule has 3 aromatic heterocycles. The van der Waals surface area contributed by atoms with Crippen molar-refractivity contribution in [3.05, 3.63) is 90.5 Å². The SMILES string of the molecule is Cc1cc(-c2ncnc3cc(-c4ccncc4)ccc23)c2oc3cccc(C)c3c2c1. The van der Waals surface area contributed by atoms with Crippen LogP contribution in [0.15, 0.2) is 83.8 Å². The zero-order chi connectivity index (χ0) is 20.9. The van der Waals surface area contributed by atoms with Crippen molar-refractivity contribution < 1.29 is 4.42 Å². The van der Waals surface area contributed by atoms with Crippen LogP contribution in [0, 0.1) is 13.8 Å². The van der Waals surface area contributed by atoms with Crippen LogP contribution >= 0.6 is 0 Å². The molecule has 4 nitrogen and oxygen atoms in total. The molecule has 0 aliphatic heterocycles. The van der Waals surface area contributed by atoms with Gasteiger partial charge in [0.05, 0.1) is 11.2 Å². The van der Waals surface area contributed by atoms with E-state index in [9.17, 15) is 0 Å². The lowest BCUT2D eigenvalue weighted by Crippen LogP contribution is -1.91. The van der Waals surface area contributed by atoms with Crippen molar-refractivity contribution in [2.75, 3.05) is 0 Å². The minimum Gasteiger partial charge on any atom is -0.455 e. The van der Waals surface area contributed by atoms with E-state index < -0.39 is 0 Å². The average molecular weight is 401 g/mol. The fraction of sp³-hybridized carbons (Fsp3) is 0.0741. The van der Waals surface area contributed by atoms with Gasteiger partial charge in [-0.3, -0.25) is 4.98 Å². The van der Waals surface area contributed by atoms with Crippen molar-refractivity contribution >= 4 is 32.8 Å². The second-order valence-electron chi connectivity index (χ2n) is 7.93. The lowest BCUT2D eigenvalue weighted by Gasteiger charge is -2.09. The molecule has 0 saturated carbocycles. The maximum absolute atomic E-state index is 6.35. The van der Waals surface area contributed by atoms with Gasteiger partial charge < -0.3 is 4.42 Å². The summed E-state index contributed by atoms with van der Waals surface area (Å²) in [5, 5.41) is 3.30. The molecule has 0 aliphatic rings.